The smallest absolute Gasteiger partial charge is 0.251 e. The lowest BCUT2D eigenvalue weighted by Crippen LogP contribution is -2.29. The number of amides is 1. The lowest BCUT2D eigenvalue weighted by atomic mass is 10.0. The molecule has 4 rings (SSSR count). The average Bonchev–Trinajstić information content (AvgIpc) is 3.16. The first-order chi connectivity index (χ1) is 13.3. The van der Waals surface area contributed by atoms with E-state index in [0.29, 0.717) is 11.6 Å². The highest BCUT2D eigenvalue weighted by Gasteiger charge is 2.18. The zero-order valence-electron chi connectivity index (χ0n) is 15.1. The Morgan fingerprint density at radius 3 is 2.63 bits per heavy atom. The van der Waals surface area contributed by atoms with Crippen LogP contribution in [0.5, 0.6) is 0 Å². The van der Waals surface area contributed by atoms with Crippen LogP contribution in [0.15, 0.2) is 42.5 Å². The molecule has 1 fully saturated rings. The summed E-state index contributed by atoms with van der Waals surface area (Å²) in [6, 6.07) is 14.0. The van der Waals surface area contributed by atoms with Crippen molar-refractivity contribution in [3.63, 3.8) is 0 Å². The highest BCUT2D eigenvalue weighted by atomic mass is 16.3. The summed E-state index contributed by atoms with van der Waals surface area (Å²) in [6.45, 7) is 2.22. The van der Waals surface area contributed by atoms with Gasteiger partial charge in [-0.25, -0.2) is 4.68 Å². The average molecular weight is 365 g/mol. The van der Waals surface area contributed by atoms with Crippen molar-refractivity contribution in [3.8, 4) is 11.1 Å². The minimum absolute atomic E-state index is 0.0676. The van der Waals surface area contributed by atoms with Crippen LogP contribution < -0.4 is 10.6 Å². The fourth-order valence-electron chi connectivity index (χ4n) is 3.53. The third-order valence-electron chi connectivity index (χ3n) is 5.00. The van der Waals surface area contributed by atoms with Gasteiger partial charge in [-0.1, -0.05) is 23.4 Å². The van der Waals surface area contributed by atoms with Crippen LogP contribution in [0, 0.1) is 0 Å². The Balaban J connectivity index is 1.56. The van der Waals surface area contributed by atoms with E-state index in [1.807, 2.05) is 18.2 Å². The number of nitrogens with zero attached hydrogens (tertiary/aromatic N) is 3. The maximum absolute atomic E-state index is 11.9. The zero-order valence-corrected chi connectivity index (χ0v) is 15.1. The number of aliphatic hydroxyl groups excluding tert-OH is 1. The highest BCUT2D eigenvalue weighted by molar-refractivity contribution is 5.94. The second kappa shape index (κ2) is 7.85. The second-order valence-electron chi connectivity index (χ2n) is 6.78. The Hall–Kier alpha value is -2.77. The molecule has 2 heterocycles. The SMILES string of the molecule is O=C(NCCO)c1ccc(-c2ccc3c(c2)nnn3C2CCNCC2)cc1. The van der Waals surface area contributed by atoms with E-state index in [1.165, 1.54) is 0 Å². The van der Waals surface area contributed by atoms with Crippen molar-refractivity contribution < 1.29 is 9.90 Å². The van der Waals surface area contributed by atoms with Gasteiger partial charge in [0.15, 0.2) is 0 Å². The molecule has 7 heteroatoms. The Bertz CT molecular complexity index is 929. The molecule has 3 N–H and O–H groups in total. The van der Waals surface area contributed by atoms with E-state index in [4.69, 9.17) is 5.11 Å². The van der Waals surface area contributed by atoms with Crippen molar-refractivity contribution in [3.05, 3.63) is 48.0 Å². The van der Waals surface area contributed by atoms with Crippen LogP contribution in [0.25, 0.3) is 22.2 Å². The Kier molecular flexibility index (Phi) is 5.13. The van der Waals surface area contributed by atoms with Gasteiger partial charge < -0.3 is 15.7 Å². The normalized spacial score (nSPS) is 15.1. The number of aromatic nitrogens is 3. The van der Waals surface area contributed by atoms with Crippen LogP contribution in [0.2, 0.25) is 0 Å². The number of rotatable bonds is 5. The van der Waals surface area contributed by atoms with Crippen LogP contribution in [0.4, 0.5) is 0 Å². The third-order valence-corrected chi connectivity index (χ3v) is 5.00. The Morgan fingerprint density at radius 2 is 1.89 bits per heavy atom. The summed E-state index contributed by atoms with van der Waals surface area (Å²) >= 11 is 0. The standard InChI is InChI=1S/C20H23N5O2/c26-12-11-22-20(27)15-3-1-14(2-4-15)16-5-6-19-18(13-16)23-24-25(19)17-7-9-21-10-8-17/h1-6,13,17,21,26H,7-12H2,(H,22,27). The summed E-state index contributed by atoms with van der Waals surface area (Å²) in [5.74, 6) is -0.184. The molecule has 0 radical (unpaired) electrons. The Labute approximate surface area is 157 Å². The molecule has 7 nitrogen and oxygen atoms in total. The molecule has 1 aliphatic heterocycles. The van der Waals surface area contributed by atoms with E-state index in [1.54, 1.807) is 12.1 Å². The molecule has 1 saturated heterocycles. The summed E-state index contributed by atoms with van der Waals surface area (Å²) in [5, 5.41) is 23.6. The molecule has 1 amide bonds. The molecule has 1 aromatic heterocycles. The van der Waals surface area contributed by atoms with Crippen LogP contribution in [-0.2, 0) is 0 Å². The van der Waals surface area contributed by atoms with Gasteiger partial charge in [-0.05, 0) is 61.3 Å². The third kappa shape index (κ3) is 3.70. The van der Waals surface area contributed by atoms with Gasteiger partial charge in [0, 0.05) is 12.1 Å². The van der Waals surface area contributed by atoms with Crippen LogP contribution in [-0.4, -0.2) is 52.2 Å². The van der Waals surface area contributed by atoms with Crippen LogP contribution >= 0.6 is 0 Å². The van der Waals surface area contributed by atoms with Gasteiger partial charge in [-0.15, -0.1) is 5.10 Å². The van der Waals surface area contributed by atoms with E-state index in [0.717, 1.165) is 48.1 Å². The first kappa shape index (κ1) is 17.6. The lowest BCUT2D eigenvalue weighted by molar-refractivity contribution is 0.0945. The van der Waals surface area contributed by atoms with Crippen LogP contribution in [0.3, 0.4) is 0 Å². The van der Waals surface area contributed by atoms with Crippen LogP contribution in [0.1, 0.15) is 29.2 Å². The van der Waals surface area contributed by atoms with Gasteiger partial charge in [0.2, 0.25) is 0 Å². The summed E-state index contributed by atoms with van der Waals surface area (Å²) in [4.78, 5) is 11.9. The highest BCUT2D eigenvalue weighted by Crippen LogP contribution is 2.27. The topological polar surface area (TPSA) is 92.1 Å². The van der Waals surface area contributed by atoms with E-state index < -0.39 is 0 Å². The molecular formula is C20H23N5O2. The molecule has 1 aliphatic rings. The van der Waals surface area contributed by atoms with Gasteiger partial charge in [0.05, 0.1) is 18.2 Å². The maximum Gasteiger partial charge on any atom is 0.251 e. The predicted octanol–water partition coefficient (Wildman–Crippen LogP) is 1.74. The summed E-state index contributed by atoms with van der Waals surface area (Å²) in [7, 11) is 0. The van der Waals surface area contributed by atoms with E-state index in [2.05, 4.69) is 37.8 Å². The summed E-state index contributed by atoms with van der Waals surface area (Å²) < 4.78 is 2.05. The van der Waals surface area contributed by atoms with Crippen molar-refractivity contribution >= 4 is 16.9 Å². The second-order valence-corrected chi connectivity index (χ2v) is 6.78. The summed E-state index contributed by atoms with van der Waals surface area (Å²) in [6.07, 6.45) is 2.14. The fourth-order valence-corrected chi connectivity index (χ4v) is 3.53. The predicted molar refractivity (Wildman–Crippen MR) is 104 cm³/mol. The maximum atomic E-state index is 11.9. The fraction of sp³-hybridized carbons (Fsp3) is 0.350. The van der Waals surface area contributed by atoms with Crippen molar-refractivity contribution in [1.82, 2.24) is 25.6 Å². The molecule has 0 unspecified atom stereocenters. The minimum Gasteiger partial charge on any atom is -0.395 e. The van der Waals surface area contributed by atoms with Crippen molar-refractivity contribution in [2.24, 2.45) is 0 Å². The van der Waals surface area contributed by atoms with Crippen molar-refractivity contribution in [2.75, 3.05) is 26.2 Å². The van der Waals surface area contributed by atoms with E-state index >= 15 is 0 Å². The molecule has 0 aliphatic carbocycles. The van der Waals surface area contributed by atoms with Crippen molar-refractivity contribution in [2.45, 2.75) is 18.9 Å². The number of benzene rings is 2. The number of carbonyl (C=O) groups is 1. The van der Waals surface area contributed by atoms with Gasteiger partial charge in [0.1, 0.15) is 5.52 Å². The Morgan fingerprint density at radius 1 is 1.15 bits per heavy atom. The number of fused-ring (bicyclic) bond motifs is 1. The van der Waals surface area contributed by atoms with Gasteiger partial charge in [-0.2, -0.15) is 0 Å². The molecule has 0 saturated carbocycles. The number of aliphatic hydroxyl groups is 1. The largest absolute Gasteiger partial charge is 0.395 e. The molecule has 3 aromatic rings. The first-order valence-electron chi connectivity index (χ1n) is 9.31. The lowest BCUT2D eigenvalue weighted by Gasteiger charge is -2.22. The monoisotopic (exact) mass is 365 g/mol. The van der Waals surface area contributed by atoms with E-state index in [-0.39, 0.29) is 19.1 Å². The molecule has 0 atom stereocenters. The molecule has 2 aromatic carbocycles. The zero-order chi connectivity index (χ0) is 18.6. The van der Waals surface area contributed by atoms with Crippen molar-refractivity contribution in [1.29, 1.82) is 0 Å². The molecule has 140 valence electrons. The summed E-state index contributed by atoms with van der Waals surface area (Å²) in [5.41, 5.74) is 4.58. The first-order valence-corrected chi connectivity index (χ1v) is 9.31. The number of hydrogen-bond acceptors (Lipinski definition) is 5. The van der Waals surface area contributed by atoms with E-state index in [9.17, 15) is 4.79 Å². The minimum atomic E-state index is -0.184. The number of nitrogens with one attached hydrogen (secondary N) is 2. The number of carbonyl (C=O) groups excluding carboxylic acids is 1. The molecule has 0 bridgehead atoms. The molecule has 0 spiro atoms. The van der Waals surface area contributed by atoms with Gasteiger partial charge in [-0.3, -0.25) is 4.79 Å². The quantitative estimate of drug-likeness (QED) is 0.641. The number of hydrogen-bond donors (Lipinski definition) is 3. The molecular weight excluding hydrogens is 342 g/mol. The molecule has 27 heavy (non-hydrogen) atoms. The van der Waals surface area contributed by atoms with Gasteiger partial charge >= 0.3 is 0 Å². The number of piperidine rings is 1. The van der Waals surface area contributed by atoms with Gasteiger partial charge in [0.25, 0.3) is 5.91 Å².